The molecule has 0 aromatic carbocycles. The first-order chi connectivity index (χ1) is 34.9. The number of allylic oxidation sites excluding steroid dienone is 12. The number of esters is 3. The average Bonchev–Trinajstić information content (AvgIpc) is 3.36. The molecule has 0 spiro atoms. The Hall–Kier alpha value is -1.30. The van der Waals surface area contributed by atoms with Crippen molar-refractivity contribution in [2.75, 3.05) is 37.1 Å². The van der Waals surface area contributed by atoms with Crippen LogP contribution < -0.4 is 0 Å². The topological polar surface area (TPSA) is 78.9 Å². The fraction of sp³-hybridized carbons (Fsp3) is 0.754. The number of carbonyl (C=O) groups is 3. The van der Waals surface area contributed by atoms with Gasteiger partial charge in [-0.15, -0.1) is 0 Å². The standard InChI is InChI=1S/3C20H36O2S.CH3.Sn/c3*1-2-3-4-5-6-7-8-9-10-11-12-13-14-15-16-17-20(21)22-18-19-23;;/h3*6-7,9-10,23H,2-5,8,11-19H2,1H3;1H3;/q;;;;+3/p-3/b3*7-6-,10-9-;;. The third-order valence-electron chi connectivity index (χ3n) is 12.1. The molecule has 410 valence electrons. The zero-order valence-electron chi connectivity index (χ0n) is 46.3. The van der Waals surface area contributed by atoms with Gasteiger partial charge in [-0.3, -0.25) is 0 Å². The van der Waals surface area contributed by atoms with Gasteiger partial charge in [0, 0.05) is 0 Å². The van der Waals surface area contributed by atoms with Gasteiger partial charge in [0.1, 0.15) is 0 Å². The van der Waals surface area contributed by atoms with Crippen LogP contribution >= 0.6 is 26.8 Å². The van der Waals surface area contributed by atoms with Crippen molar-refractivity contribution in [2.45, 2.75) is 257 Å². The first-order valence-corrected chi connectivity index (χ1v) is 45.4. The SMILES string of the molecule is CCCCC/C=C\C/C=C\CCCCCCCC(=O)OCC[S][Sn]([CH3])([S]CCOC(=O)CCCCCCC/C=C\C/C=C\CCCCC)[S]CCOC(=O)CCCCCCC/C=C\C/C=C\CCCCC. The molecule has 0 N–H and O–H groups in total. The van der Waals surface area contributed by atoms with Crippen molar-refractivity contribution in [1.82, 2.24) is 0 Å². The van der Waals surface area contributed by atoms with Crippen molar-refractivity contribution in [2.24, 2.45) is 0 Å². The summed E-state index contributed by atoms with van der Waals surface area (Å²) in [4.78, 5) is 40.0. The van der Waals surface area contributed by atoms with E-state index in [1.54, 1.807) is 0 Å². The molecule has 0 amide bonds. The predicted octanol–water partition coefficient (Wildman–Crippen LogP) is 19.8. The maximum atomic E-state index is 12.6. The van der Waals surface area contributed by atoms with Crippen molar-refractivity contribution in [3.05, 3.63) is 72.9 Å². The molecular formula is C61H108O6S3Sn. The van der Waals surface area contributed by atoms with Crippen molar-refractivity contribution in [3.8, 4) is 0 Å². The second-order valence-corrected chi connectivity index (χ2v) is 55.1. The van der Waals surface area contributed by atoms with E-state index in [2.05, 4.69) is 98.6 Å². The summed E-state index contributed by atoms with van der Waals surface area (Å²) in [6.45, 7) is 7.99. The molecule has 0 saturated heterocycles. The molecule has 0 saturated carbocycles. The smallest absolute Gasteiger partial charge is 0.0882 e. The molecule has 0 fully saturated rings. The van der Waals surface area contributed by atoms with E-state index in [9.17, 15) is 14.4 Å². The number of rotatable bonds is 54. The fourth-order valence-electron chi connectivity index (χ4n) is 7.73. The van der Waals surface area contributed by atoms with E-state index < -0.39 is 14.2 Å². The summed E-state index contributed by atoms with van der Waals surface area (Å²) in [5, 5.41) is 0. The Balaban J connectivity index is 4.49. The van der Waals surface area contributed by atoms with Crippen LogP contribution in [0, 0.1) is 0 Å². The number of unbranched alkanes of at least 4 members (excludes halogenated alkanes) is 24. The van der Waals surface area contributed by atoms with Gasteiger partial charge in [-0.2, -0.15) is 0 Å². The Morgan fingerprint density at radius 1 is 0.324 bits per heavy atom. The second kappa shape index (κ2) is 58.0. The number of carbonyl (C=O) groups excluding carboxylic acids is 3. The van der Waals surface area contributed by atoms with Crippen molar-refractivity contribution in [3.63, 3.8) is 0 Å². The molecule has 0 aromatic heterocycles. The second-order valence-electron chi connectivity index (χ2n) is 19.0. The van der Waals surface area contributed by atoms with E-state index in [4.69, 9.17) is 14.2 Å². The monoisotopic (exact) mass is 1150 g/mol. The molecular weight excluding hydrogens is 1040 g/mol. The molecule has 0 atom stereocenters. The summed E-state index contributed by atoms with van der Waals surface area (Å²) in [5.74, 6) is 2.00. The summed E-state index contributed by atoms with van der Waals surface area (Å²) in [5.41, 5.74) is 0. The molecule has 0 aliphatic rings. The van der Waals surface area contributed by atoms with Crippen molar-refractivity contribution < 1.29 is 28.6 Å². The number of hydrogen-bond acceptors (Lipinski definition) is 9. The van der Waals surface area contributed by atoms with Gasteiger partial charge in [0.15, 0.2) is 0 Å². The van der Waals surface area contributed by atoms with Gasteiger partial charge < -0.3 is 0 Å². The summed E-state index contributed by atoms with van der Waals surface area (Å²) in [6.07, 6.45) is 67.4. The average molecular weight is 1150 g/mol. The van der Waals surface area contributed by atoms with Crippen molar-refractivity contribution in [1.29, 1.82) is 0 Å². The van der Waals surface area contributed by atoms with Gasteiger partial charge in [0.25, 0.3) is 0 Å². The zero-order chi connectivity index (χ0) is 51.7. The van der Waals surface area contributed by atoms with Gasteiger partial charge in [-0.25, -0.2) is 0 Å². The van der Waals surface area contributed by atoms with Crippen LogP contribution in [-0.4, -0.2) is 69.2 Å². The van der Waals surface area contributed by atoms with Gasteiger partial charge in [-0.05, 0) is 57.8 Å². The van der Waals surface area contributed by atoms with Crippen LogP contribution in [0.25, 0.3) is 0 Å². The Labute approximate surface area is 451 Å². The Morgan fingerprint density at radius 2 is 0.549 bits per heavy atom. The van der Waals surface area contributed by atoms with Gasteiger partial charge in [0.05, 0.1) is 0 Å². The molecule has 0 bridgehead atoms. The molecule has 10 heteroatoms. The minimum Gasteiger partial charge on any atom is -0.0882 e. The van der Waals surface area contributed by atoms with Gasteiger partial charge in [0.2, 0.25) is 0 Å². The summed E-state index contributed by atoms with van der Waals surface area (Å²) >= 11 is -2.89. The van der Waals surface area contributed by atoms with Crippen LogP contribution in [0.15, 0.2) is 72.9 Å². The molecule has 6 nitrogen and oxygen atoms in total. The first-order valence-electron chi connectivity index (χ1n) is 29.2. The quantitative estimate of drug-likeness (QED) is 0.0195. The molecule has 71 heavy (non-hydrogen) atoms. The maximum absolute atomic E-state index is 12.6. The van der Waals surface area contributed by atoms with Gasteiger partial charge >= 0.3 is 264 Å². The summed E-state index contributed by atoms with van der Waals surface area (Å²) < 4.78 is 17.0. The Bertz CT molecular complexity index is 1220. The van der Waals surface area contributed by atoms with Crippen LogP contribution in [0.3, 0.4) is 0 Å². The Morgan fingerprint density at radius 3 is 0.803 bits per heavy atom. The van der Waals surface area contributed by atoms with E-state index >= 15 is 0 Å². The van der Waals surface area contributed by atoms with E-state index in [1.165, 1.54) is 116 Å². The zero-order valence-corrected chi connectivity index (χ0v) is 51.6. The molecule has 0 rings (SSSR count). The van der Waals surface area contributed by atoms with Crippen LogP contribution in [0.4, 0.5) is 0 Å². The molecule has 0 unspecified atom stereocenters. The van der Waals surface area contributed by atoms with Crippen LogP contribution in [0.2, 0.25) is 4.94 Å². The third kappa shape index (κ3) is 56.3. The molecule has 0 aromatic rings. The van der Waals surface area contributed by atoms with E-state index in [0.717, 1.165) is 114 Å². The first kappa shape index (κ1) is 69.7. The summed E-state index contributed by atoms with van der Waals surface area (Å²) in [7, 11) is 5.86. The van der Waals surface area contributed by atoms with E-state index in [0.29, 0.717) is 39.1 Å². The minimum absolute atomic E-state index is 0.0967. The Kier molecular flexibility index (Phi) is 56.9. The number of ether oxygens (including phenoxy) is 3. The molecule has 0 radical (unpaired) electrons. The van der Waals surface area contributed by atoms with Crippen molar-refractivity contribution >= 4 is 59.0 Å². The predicted molar refractivity (Wildman–Crippen MR) is 320 cm³/mol. The normalized spacial score (nSPS) is 12.3. The molecule has 0 aliphatic heterocycles. The van der Waals surface area contributed by atoms with E-state index in [1.807, 2.05) is 26.8 Å². The van der Waals surface area contributed by atoms with Crippen LogP contribution in [0.5, 0.6) is 0 Å². The van der Waals surface area contributed by atoms with E-state index in [-0.39, 0.29) is 17.9 Å². The fourth-order valence-corrected chi connectivity index (χ4v) is 38.5. The molecule has 0 heterocycles. The van der Waals surface area contributed by atoms with Crippen LogP contribution in [0.1, 0.15) is 252 Å². The minimum atomic E-state index is -2.89. The van der Waals surface area contributed by atoms with Gasteiger partial charge in [-0.1, -0.05) is 132 Å². The molecule has 0 aliphatic carbocycles. The van der Waals surface area contributed by atoms with Crippen LogP contribution in [-0.2, 0) is 28.6 Å². The number of hydrogen-bond donors (Lipinski definition) is 0. The third-order valence-corrected chi connectivity index (χ3v) is 47.8. The summed E-state index contributed by atoms with van der Waals surface area (Å²) in [6, 6.07) is 0.